The van der Waals surface area contributed by atoms with Crippen LogP contribution in [-0.2, 0) is 26.9 Å². The minimum atomic E-state index is -4.57. The number of carbonyl (C=O) groups is 2. The molecule has 8 heteroatoms. The maximum Gasteiger partial charge on any atom is 0.418 e. The summed E-state index contributed by atoms with van der Waals surface area (Å²) in [4.78, 5) is 23.5. The van der Waals surface area contributed by atoms with E-state index in [2.05, 4.69) is 0 Å². The monoisotopic (exact) mass is 419 g/mol. The quantitative estimate of drug-likeness (QED) is 0.432. The lowest BCUT2D eigenvalue weighted by molar-refractivity contribution is -0.142. The molecule has 0 amide bonds. The van der Waals surface area contributed by atoms with E-state index in [1.807, 2.05) is 0 Å². The van der Waals surface area contributed by atoms with E-state index < -0.39 is 23.7 Å². The number of para-hydroxylation sites is 1. The number of esters is 2. The minimum Gasteiger partial charge on any atom is -0.466 e. The second-order valence-corrected chi connectivity index (χ2v) is 6.67. The zero-order valence-corrected chi connectivity index (χ0v) is 16.7. The molecule has 1 aromatic heterocycles. The predicted octanol–water partition coefficient (Wildman–Crippen LogP) is 4.99. The van der Waals surface area contributed by atoms with Crippen LogP contribution in [-0.4, -0.2) is 23.1 Å². The second-order valence-electron chi connectivity index (χ2n) is 6.67. The van der Waals surface area contributed by atoms with Gasteiger partial charge in [0.05, 0.1) is 29.8 Å². The van der Waals surface area contributed by atoms with E-state index in [-0.39, 0.29) is 24.5 Å². The summed E-state index contributed by atoms with van der Waals surface area (Å²) in [5.41, 5.74) is 0.514. The SMILES string of the molecule is CCOC(=O)Cc1c(C)n(-c2ccccc2C(F)(F)F)c2cc(OC(C)=O)ccc12. The number of halogens is 3. The van der Waals surface area contributed by atoms with Gasteiger partial charge < -0.3 is 14.0 Å². The van der Waals surface area contributed by atoms with Crippen LogP contribution in [0.3, 0.4) is 0 Å². The number of hydrogen-bond acceptors (Lipinski definition) is 4. The largest absolute Gasteiger partial charge is 0.466 e. The summed E-state index contributed by atoms with van der Waals surface area (Å²) in [6.45, 7) is 4.76. The van der Waals surface area contributed by atoms with Crippen molar-refractivity contribution in [2.45, 2.75) is 33.4 Å². The molecule has 3 aromatic rings. The van der Waals surface area contributed by atoms with Crippen molar-refractivity contribution in [3.63, 3.8) is 0 Å². The van der Waals surface area contributed by atoms with Crippen molar-refractivity contribution in [1.29, 1.82) is 0 Å². The number of hydrogen-bond donors (Lipinski definition) is 0. The van der Waals surface area contributed by atoms with Crippen LogP contribution in [0, 0.1) is 6.92 Å². The highest BCUT2D eigenvalue weighted by Crippen LogP contribution is 2.38. The Morgan fingerprint density at radius 3 is 2.43 bits per heavy atom. The maximum absolute atomic E-state index is 13.7. The Hall–Kier alpha value is -3.29. The molecule has 158 valence electrons. The highest BCUT2D eigenvalue weighted by Gasteiger charge is 2.34. The molecule has 1 heterocycles. The van der Waals surface area contributed by atoms with Gasteiger partial charge in [0.2, 0.25) is 0 Å². The van der Waals surface area contributed by atoms with Crippen LogP contribution in [0.15, 0.2) is 42.5 Å². The predicted molar refractivity (Wildman–Crippen MR) is 105 cm³/mol. The van der Waals surface area contributed by atoms with Gasteiger partial charge in [-0.1, -0.05) is 12.1 Å². The summed E-state index contributed by atoms with van der Waals surface area (Å²) >= 11 is 0. The number of rotatable bonds is 5. The Kier molecular flexibility index (Phi) is 5.87. The van der Waals surface area contributed by atoms with E-state index in [0.29, 0.717) is 22.2 Å². The molecule has 3 rings (SSSR count). The topological polar surface area (TPSA) is 57.5 Å². The molecule has 0 spiro atoms. The molecule has 0 bridgehead atoms. The molecular formula is C22H20F3NO4. The van der Waals surface area contributed by atoms with Crippen molar-refractivity contribution in [1.82, 2.24) is 4.57 Å². The number of carbonyl (C=O) groups excluding carboxylic acids is 2. The third-order valence-corrected chi connectivity index (χ3v) is 4.65. The Morgan fingerprint density at radius 2 is 1.80 bits per heavy atom. The van der Waals surface area contributed by atoms with Crippen LogP contribution in [0.4, 0.5) is 13.2 Å². The Bertz CT molecular complexity index is 1120. The van der Waals surface area contributed by atoms with E-state index in [1.54, 1.807) is 19.9 Å². The third-order valence-electron chi connectivity index (χ3n) is 4.65. The van der Waals surface area contributed by atoms with Crippen molar-refractivity contribution >= 4 is 22.8 Å². The minimum absolute atomic E-state index is 0.0809. The van der Waals surface area contributed by atoms with E-state index >= 15 is 0 Å². The maximum atomic E-state index is 13.7. The lowest BCUT2D eigenvalue weighted by Crippen LogP contribution is -2.12. The van der Waals surface area contributed by atoms with Gasteiger partial charge in [-0.15, -0.1) is 0 Å². The Balaban J connectivity index is 2.31. The van der Waals surface area contributed by atoms with Crippen LogP contribution < -0.4 is 4.74 Å². The van der Waals surface area contributed by atoms with Crippen LogP contribution in [0.5, 0.6) is 5.75 Å². The normalized spacial score (nSPS) is 11.5. The third kappa shape index (κ3) is 4.17. The molecule has 0 saturated carbocycles. The number of nitrogens with zero attached hydrogens (tertiary/aromatic N) is 1. The molecule has 0 aliphatic carbocycles. The molecule has 0 atom stereocenters. The fourth-order valence-electron chi connectivity index (χ4n) is 3.49. The summed E-state index contributed by atoms with van der Waals surface area (Å²) in [7, 11) is 0. The smallest absolute Gasteiger partial charge is 0.418 e. The van der Waals surface area contributed by atoms with Crippen molar-refractivity contribution in [3.05, 3.63) is 59.3 Å². The van der Waals surface area contributed by atoms with Gasteiger partial charge >= 0.3 is 18.1 Å². The van der Waals surface area contributed by atoms with Crippen molar-refractivity contribution < 1.29 is 32.2 Å². The molecule has 0 fully saturated rings. The second kappa shape index (κ2) is 8.22. The van der Waals surface area contributed by atoms with Crippen LogP contribution in [0.1, 0.15) is 30.7 Å². The van der Waals surface area contributed by atoms with E-state index in [4.69, 9.17) is 9.47 Å². The summed E-state index contributed by atoms with van der Waals surface area (Å²) in [5, 5.41) is 0.577. The average Bonchev–Trinajstić information content (AvgIpc) is 2.92. The fourth-order valence-corrected chi connectivity index (χ4v) is 3.49. The summed E-state index contributed by atoms with van der Waals surface area (Å²) < 4.78 is 52.6. The zero-order chi connectivity index (χ0) is 22.1. The molecule has 0 aliphatic heterocycles. The molecule has 0 unspecified atom stereocenters. The summed E-state index contributed by atoms with van der Waals surface area (Å²) in [6.07, 6.45) is -4.67. The van der Waals surface area contributed by atoms with E-state index in [9.17, 15) is 22.8 Å². The van der Waals surface area contributed by atoms with Gasteiger partial charge in [0, 0.05) is 24.1 Å². The molecule has 2 aromatic carbocycles. The van der Waals surface area contributed by atoms with Gasteiger partial charge in [-0.2, -0.15) is 13.2 Å². The first-order valence-corrected chi connectivity index (χ1v) is 9.28. The van der Waals surface area contributed by atoms with E-state index in [0.717, 1.165) is 6.07 Å². The number of benzene rings is 2. The highest BCUT2D eigenvalue weighted by atomic mass is 19.4. The van der Waals surface area contributed by atoms with Crippen molar-refractivity contribution in [2.75, 3.05) is 6.61 Å². The summed E-state index contributed by atoms with van der Waals surface area (Å²) in [5.74, 6) is -0.833. The van der Waals surface area contributed by atoms with Crippen molar-refractivity contribution in [2.24, 2.45) is 0 Å². The number of fused-ring (bicyclic) bond motifs is 1. The van der Waals surface area contributed by atoms with Gasteiger partial charge in [-0.05, 0) is 43.7 Å². The van der Waals surface area contributed by atoms with Crippen molar-refractivity contribution in [3.8, 4) is 11.4 Å². The molecule has 0 N–H and O–H groups in total. The van der Waals surface area contributed by atoms with Crippen LogP contribution >= 0.6 is 0 Å². The summed E-state index contributed by atoms with van der Waals surface area (Å²) in [6, 6.07) is 9.85. The average molecular weight is 419 g/mol. The Morgan fingerprint density at radius 1 is 1.10 bits per heavy atom. The van der Waals surface area contributed by atoms with Gasteiger partial charge in [-0.25, -0.2) is 0 Å². The number of aromatic nitrogens is 1. The number of ether oxygens (including phenoxy) is 2. The van der Waals surface area contributed by atoms with Gasteiger partial charge in [0.1, 0.15) is 5.75 Å². The highest BCUT2D eigenvalue weighted by molar-refractivity contribution is 5.92. The Labute approximate surface area is 171 Å². The lowest BCUT2D eigenvalue weighted by Gasteiger charge is -2.16. The zero-order valence-electron chi connectivity index (χ0n) is 16.7. The first kappa shape index (κ1) is 21.4. The first-order chi connectivity index (χ1) is 14.1. The molecule has 0 radical (unpaired) electrons. The van der Waals surface area contributed by atoms with Crippen LogP contribution in [0.2, 0.25) is 0 Å². The van der Waals surface area contributed by atoms with Gasteiger partial charge in [-0.3, -0.25) is 9.59 Å². The fraction of sp³-hybridized carbons (Fsp3) is 0.273. The molecule has 30 heavy (non-hydrogen) atoms. The molecular weight excluding hydrogens is 399 g/mol. The standard InChI is InChI=1S/C22H20F3NO4/c1-4-29-21(28)12-17-13(2)26(19-8-6-5-7-18(19)22(23,24)25)20-11-15(30-14(3)27)9-10-16(17)20/h5-11H,4,12H2,1-3H3. The lowest BCUT2D eigenvalue weighted by atomic mass is 10.1. The van der Waals surface area contributed by atoms with Gasteiger partial charge in [0.15, 0.2) is 0 Å². The number of alkyl halides is 3. The molecule has 5 nitrogen and oxygen atoms in total. The molecule has 0 aliphatic rings. The van der Waals surface area contributed by atoms with Crippen LogP contribution in [0.25, 0.3) is 16.6 Å². The first-order valence-electron chi connectivity index (χ1n) is 9.28. The van der Waals surface area contributed by atoms with Gasteiger partial charge in [0.25, 0.3) is 0 Å². The molecule has 0 saturated heterocycles. The van der Waals surface area contributed by atoms with E-state index in [1.165, 1.54) is 41.8 Å².